The van der Waals surface area contributed by atoms with Gasteiger partial charge in [0.1, 0.15) is 0 Å². The predicted octanol–water partition coefficient (Wildman–Crippen LogP) is 1.93. The standard InChI is InChI=1S/C13H20F2N4/c1-3-4-18-5-7-19(8-6-18)13-11(15)9-10(14)12(16-2)17-13/h9H,3-8H2,1-2H3,(H,16,17). The number of halogens is 2. The van der Waals surface area contributed by atoms with Gasteiger partial charge < -0.3 is 10.2 Å². The lowest BCUT2D eigenvalue weighted by molar-refractivity contribution is 0.257. The summed E-state index contributed by atoms with van der Waals surface area (Å²) in [4.78, 5) is 8.25. The maximum Gasteiger partial charge on any atom is 0.168 e. The van der Waals surface area contributed by atoms with E-state index < -0.39 is 11.6 Å². The molecular weight excluding hydrogens is 250 g/mol. The summed E-state index contributed by atoms with van der Waals surface area (Å²) in [5.74, 6) is -0.928. The third kappa shape index (κ3) is 3.12. The fourth-order valence-electron chi connectivity index (χ4n) is 2.35. The van der Waals surface area contributed by atoms with Crippen molar-refractivity contribution in [2.24, 2.45) is 0 Å². The number of hydrogen-bond donors (Lipinski definition) is 1. The summed E-state index contributed by atoms with van der Waals surface area (Å²) in [5.41, 5.74) is 0. The molecular formula is C13H20F2N4. The molecule has 4 nitrogen and oxygen atoms in total. The molecule has 0 saturated carbocycles. The van der Waals surface area contributed by atoms with Crippen LogP contribution < -0.4 is 10.2 Å². The molecule has 0 amide bonds. The Balaban J connectivity index is 2.11. The molecule has 2 heterocycles. The fraction of sp³-hybridized carbons (Fsp3) is 0.615. The highest BCUT2D eigenvalue weighted by molar-refractivity contribution is 5.49. The lowest BCUT2D eigenvalue weighted by Gasteiger charge is -2.35. The highest BCUT2D eigenvalue weighted by atomic mass is 19.1. The van der Waals surface area contributed by atoms with E-state index in [0.717, 1.165) is 45.2 Å². The highest BCUT2D eigenvalue weighted by Gasteiger charge is 2.21. The fourth-order valence-corrected chi connectivity index (χ4v) is 2.35. The van der Waals surface area contributed by atoms with Gasteiger partial charge in [0.15, 0.2) is 23.3 Å². The average molecular weight is 270 g/mol. The van der Waals surface area contributed by atoms with Gasteiger partial charge in [-0.25, -0.2) is 13.8 Å². The molecule has 19 heavy (non-hydrogen) atoms. The Kier molecular flexibility index (Phi) is 4.52. The molecule has 1 aliphatic rings. The Bertz CT molecular complexity index is 431. The Morgan fingerprint density at radius 1 is 1.21 bits per heavy atom. The van der Waals surface area contributed by atoms with Gasteiger partial charge in [0.2, 0.25) is 0 Å². The van der Waals surface area contributed by atoms with E-state index in [1.165, 1.54) is 0 Å². The maximum atomic E-state index is 13.8. The van der Waals surface area contributed by atoms with Crippen LogP contribution in [0.2, 0.25) is 0 Å². The second-order valence-electron chi connectivity index (χ2n) is 4.70. The summed E-state index contributed by atoms with van der Waals surface area (Å²) in [6, 6.07) is 0.895. The zero-order valence-corrected chi connectivity index (χ0v) is 11.4. The van der Waals surface area contributed by atoms with Gasteiger partial charge >= 0.3 is 0 Å². The summed E-state index contributed by atoms with van der Waals surface area (Å²) in [7, 11) is 1.58. The second-order valence-corrected chi connectivity index (χ2v) is 4.70. The van der Waals surface area contributed by atoms with Crippen molar-refractivity contribution in [1.29, 1.82) is 0 Å². The second kappa shape index (κ2) is 6.14. The van der Waals surface area contributed by atoms with Crippen LogP contribution in [-0.4, -0.2) is 49.7 Å². The van der Waals surface area contributed by atoms with Gasteiger partial charge in [-0.1, -0.05) is 6.92 Å². The van der Waals surface area contributed by atoms with Crippen molar-refractivity contribution < 1.29 is 8.78 Å². The van der Waals surface area contributed by atoms with Gasteiger partial charge in [-0.2, -0.15) is 0 Å². The first-order chi connectivity index (χ1) is 9.15. The van der Waals surface area contributed by atoms with Gasteiger partial charge in [-0.05, 0) is 13.0 Å². The van der Waals surface area contributed by atoms with E-state index in [4.69, 9.17) is 0 Å². The van der Waals surface area contributed by atoms with Crippen molar-refractivity contribution in [2.45, 2.75) is 13.3 Å². The van der Waals surface area contributed by atoms with E-state index in [1.54, 1.807) is 7.05 Å². The highest BCUT2D eigenvalue weighted by Crippen LogP contribution is 2.23. The average Bonchev–Trinajstić information content (AvgIpc) is 2.41. The van der Waals surface area contributed by atoms with Crippen LogP contribution in [0.3, 0.4) is 0 Å². The van der Waals surface area contributed by atoms with Gasteiger partial charge in [-0.3, -0.25) is 4.90 Å². The zero-order valence-electron chi connectivity index (χ0n) is 11.4. The molecule has 0 spiro atoms. The van der Waals surface area contributed by atoms with Crippen LogP contribution in [0, 0.1) is 11.6 Å². The van der Waals surface area contributed by atoms with Crippen molar-refractivity contribution in [3.63, 3.8) is 0 Å². The molecule has 0 atom stereocenters. The Labute approximate surface area is 112 Å². The normalized spacial score (nSPS) is 16.7. The molecule has 1 aromatic heterocycles. The van der Waals surface area contributed by atoms with E-state index in [-0.39, 0.29) is 11.6 Å². The van der Waals surface area contributed by atoms with Crippen LogP contribution in [0.1, 0.15) is 13.3 Å². The Morgan fingerprint density at radius 2 is 1.89 bits per heavy atom. The number of anilines is 2. The smallest absolute Gasteiger partial charge is 0.168 e. The Hall–Kier alpha value is -1.43. The lowest BCUT2D eigenvalue weighted by Crippen LogP contribution is -2.47. The van der Waals surface area contributed by atoms with Crippen molar-refractivity contribution in [3.8, 4) is 0 Å². The third-order valence-corrected chi connectivity index (χ3v) is 3.36. The maximum absolute atomic E-state index is 13.8. The minimum absolute atomic E-state index is 0.0902. The number of nitrogens with one attached hydrogen (secondary N) is 1. The first kappa shape index (κ1) is 14.0. The minimum Gasteiger partial charge on any atom is -0.371 e. The molecule has 0 radical (unpaired) electrons. The SMILES string of the molecule is CCCN1CCN(c2nc(NC)c(F)cc2F)CC1. The molecule has 0 aliphatic carbocycles. The number of pyridine rings is 1. The van der Waals surface area contributed by atoms with E-state index in [2.05, 4.69) is 22.1 Å². The predicted molar refractivity (Wildman–Crippen MR) is 72.6 cm³/mol. The van der Waals surface area contributed by atoms with Crippen molar-refractivity contribution >= 4 is 11.6 Å². The van der Waals surface area contributed by atoms with Crippen LogP contribution in [0.4, 0.5) is 20.4 Å². The van der Waals surface area contributed by atoms with Gasteiger partial charge in [0, 0.05) is 39.3 Å². The topological polar surface area (TPSA) is 31.4 Å². The molecule has 0 bridgehead atoms. The van der Waals surface area contributed by atoms with Gasteiger partial charge in [0.25, 0.3) is 0 Å². The first-order valence-corrected chi connectivity index (χ1v) is 6.66. The molecule has 6 heteroatoms. The summed E-state index contributed by atoms with van der Waals surface area (Å²) in [5, 5.41) is 2.64. The van der Waals surface area contributed by atoms with Crippen molar-refractivity contribution in [2.75, 3.05) is 50.0 Å². The van der Waals surface area contributed by atoms with Gasteiger partial charge in [-0.15, -0.1) is 0 Å². The number of aromatic nitrogens is 1. The third-order valence-electron chi connectivity index (χ3n) is 3.36. The van der Waals surface area contributed by atoms with Crippen LogP contribution in [0.5, 0.6) is 0 Å². The zero-order chi connectivity index (χ0) is 13.8. The number of nitrogens with zero attached hydrogens (tertiary/aromatic N) is 3. The van der Waals surface area contributed by atoms with E-state index >= 15 is 0 Å². The molecule has 1 N–H and O–H groups in total. The van der Waals surface area contributed by atoms with Gasteiger partial charge in [0.05, 0.1) is 0 Å². The Morgan fingerprint density at radius 3 is 2.47 bits per heavy atom. The van der Waals surface area contributed by atoms with Crippen LogP contribution >= 0.6 is 0 Å². The molecule has 1 aromatic rings. The lowest BCUT2D eigenvalue weighted by atomic mass is 10.2. The van der Waals surface area contributed by atoms with Crippen LogP contribution in [0.15, 0.2) is 6.07 Å². The van der Waals surface area contributed by atoms with Crippen molar-refractivity contribution in [3.05, 3.63) is 17.7 Å². The first-order valence-electron chi connectivity index (χ1n) is 6.66. The molecule has 1 fully saturated rings. The summed E-state index contributed by atoms with van der Waals surface area (Å²) < 4.78 is 27.2. The number of rotatable bonds is 4. The largest absolute Gasteiger partial charge is 0.371 e. The molecule has 0 unspecified atom stereocenters. The van der Waals surface area contributed by atoms with Crippen LogP contribution in [-0.2, 0) is 0 Å². The van der Waals surface area contributed by atoms with E-state index in [1.807, 2.05) is 4.90 Å². The summed E-state index contributed by atoms with van der Waals surface area (Å²) >= 11 is 0. The number of hydrogen-bond acceptors (Lipinski definition) is 4. The van der Waals surface area contributed by atoms with E-state index in [9.17, 15) is 8.78 Å². The monoisotopic (exact) mass is 270 g/mol. The molecule has 1 aliphatic heterocycles. The summed E-state index contributed by atoms with van der Waals surface area (Å²) in [6.45, 7) is 6.43. The van der Waals surface area contributed by atoms with Crippen molar-refractivity contribution in [1.82, 2.24) is 9.88 Å². The minimum atomic E-state index is -0.659. The molecule has 0 aromatic carbocycles. The quantitative estimate of drug-likeness (QED) is 0.906. The van der Waals surface area contributed by atoms with E-state index in [0.29, 0.717) is 0 Å². The molecule has 106 valence electrons. The van der Waals surface area contributed by atoms with Crippen LogP contribution in [0.25, 0.3) is 0 Å². The number of piperazine rings is 1. The summed E-state index contributed by atoms with van der Waals surface area (Å²) in [6.07, 6.45) is 1.12. The molecule has 2 rings (SSSR count). The molecule has 1 saturated heterocycles.